The van der Waals surface area contributed by atoms with Gasteiger partial charge in [-0.25, -0.2) is 0 Å². The first kappa shape index (κ1) is 35.1. The Bertz CT molecular complexity index is 304. The molecule has 9 heteroatoms. The molecule has 0 saturated carbocycles. The van der Waals surface area contributed by atoms with Crippen molar-refractivity contribution >= 4 is 23.9 Å². The normalized spacial score (nSPS) is 8.80. The molecular formula is C16H28O8U. The Hall–Kier alpha value is -1.07. The van der Waals surface area contributed by atoms with Gasteiger partial charge in [-0.2, -0.15) is 0 Å². The summed E-state index contributed by atoms with van der Waals surface area (Å²) in [6.07, 6.45) is 0. The van der Waals surface area contributed by atoms with Crippen LogP contribution in [-0.4, -0.2) is 23.9 Å². The van der Waals surface area contributed by atoms with Gasteiger partial charge in [0.2, 0.25) is 0 Å². The topological polar surface area (TPSA) is 161 Å². The van der Waals surface area contributed by atoms with Gasteiger partial charge in [0.05, 0.1) is 0 Å². The maximum atomic E-state index is 9.59. The van der Waals surface area contributed by atoms with Crippen LogP contribution >= 0.6 is 0 Å². The van der Waals surface area contributed by atoms with Crippen LogP contribution in [0.1, 0.15) is 55.4 Å². The monoisotopic (exact) mass is 586 g/mol. The van der Waals surface area contributed by atoms with E-state index in [0.29, 0.717) is 0 Å². The van der Waals surface area contributed by atoms with Crippen LogP contribution in [0.5, 0.6) is 0 Å². The molecule has 0 amide bonds. The van der Waals surface area contributed by atoms with E-state index in [1.807, 2.05) is 0 Å². The fraction of sp³-hybridized carbons (Fsp3) is 0.750. The van der Waals surface area contributed by atoms with Gasteiger partial charge in [0.25, 0.3) is 0 Å². The smallest absolute Gasteiger partial charge is 0.550 e. The van der Waals surface area contributed by atoms with Gasteiger partial charge in [-0.3, -0.25) is 0 Å². The molecule has 144 valence electrons. The minimum Gasteiger partial charge on any atom is -0.550 e. The molecule has 0 N–H and O–H groups in total. The summed E-state index contributed by atoms with van der Waals surface area (Å²) in [5, 5.41) is 38.4. The SMILES string of the molecule is CC(C)C(=O)[O-].CC(C)C(=O)[O-].CC(C)C(=O)[O-].CC(C)C(=O)[O-].[U+4]. The van der Waals surface area contributed by atoms with Crippen molar-refractivity contribution in [1.82, 2.24) is 0 Å². The summed E-state index contributed by atoms with van der Waals surface area (Å²) in [5.74, 6) is -5.33. The van der Waals surface area contributed by atoms with Gasteiger partial charge < -0.3 is 39.6 Å². The van der Waals surface area contributed by atoms with Gasteiger partial charge in [0, 0.05) is 23.9 Å². The van der Waals surface area contributed by atoms with Gasteiger partial charge in [-0.05, 0) is 23.7 Å². The molecule has 0 aromatic rings. The fourth-order valence-electron chi connectivity index (χ4n) is 0. The fourth-order valence-corrected chi connectivity index (χ4v) is 0. The van der Waals surface area contributed by atoms with Crippen LogP contribution in [-0.2, 0) is 19.2 Å². The molecule has 0 saturated heterocycles. The van der Waals surface area contributed by atoms with E-state index in [4.69, 9.17) is 0 Å². The van der Waals surface area contributed by atoms with Crippen LogP contribution in [0.3, 0.4) is 0 Å². The molecule has 0 rings (SSSR count). The molecule has 0 fully saturated rings. The molecule has 8 nitrogen and oxygen atoms in total. The summed E-state index contributed by atoms with van der Waals surface area (Å²) in [6.45, 7) is 12.6. The van der Waals surface area contributed by atoms with Crippen LogP contribution in [0, 0.1) is 54.8 Å². The summed E-state index contributed by atoms with van der Waals surface area (Å²) in [6, 6.07) is 0. The second-order valence-corrected chi connectivity index (χ2v) is 5.89. The third-order valence-corrected chi connectivity index (χ3v) is 1.89. The average Bonchev–Trinajstić information content (AvgIpc) is 2.40. The summed E-state index contributed by atoms with van der Waals surface area (Å²) in [5.41, 5.74) is 0. The molecule has 0 aliphatic carbocycles. The number of hydrogen-bond donors (Lipinski definition) is 0. The maximum Gasteiger partial charge on any atom is 4.00 e. The van der Waals surface area contributed by atoms with Crippen molar-refractivity contribution < 1.29 is 70.7 Å². The first-order chi connectivity index (χ1) is 10.6. The van der Waals surface area contributed by atoms with Gasteiger partial charge in [-0.1, -0.05) is 55.4 Å². The average molecular weight is 586 g/mol. The Morgan fingerprint density at radius 3 is 0.480 bits per heavy atom. The molecule has 0 aromatic heterocycles. The van der Waals surface area contributed by atoms with Crippen molar-refractivity contribution in [3.05, 3.63) is 0 Å². The first-order valence-corrected chi connectivity index (χ1v) is 7.41. The third-order valence-electron chi connectivity index (χ3n) is 1.89. The molecule has 25 heavy (non-hydrogen) atoms. The second kappa shape index (κ2) is 21.0. The van der Waals surface area contributed by atoms with Crippen LogP contribution < -0.4 is 20.4 Å². The van der Waals surface area contributed by atoms with Crippen LogP contribution in [0.25, 0.3) is 0 Å². The van der Waals surface area contributed by atoms with E-state index in [9.17, 15) is 39.6 Å². The van der Waals surface area contributed by atoms with Crippen molar-refractivity contribution in [3.8, 4) is 0 Å². The Morgan fingerprint density at radius 2 is 0.480 bits per heavy atom. The zero-order chi connectivity index (χ0) is 20.6. The second-order valence-electron chi connectivity index (χ2n) is 5.89. The standard InChI is InChI=1S/4C4H8O2.U/c4*1-3(2)4(5)6;/h4*3H,1-2H3,(H,5,6);/q;;;;+4/p-4. The molecule has 0 aliphatic rings. The van der Waals surface area contributed by atoms with Crippen molar-refractivity contribution in [3.63, 3.8) is 0 Å². The largest absolute Gasteiger partial charge is 4.00 e. The number of carboxylic acid groups (broad SMARTS) is 4. The predicted molar refractivity (Wildman–Crippen MR) is 79.4 cm³/mol. The summed E-state index contributed by atoms with van der Waals surface area (Å²) >= 11 is 0. The molecule has 0 atom stereocenters. The van der Waals surface area contributed by atoms with E-state index in [2.05, 4.69) is 0 Å². The Morgan fingerprint density at radius 1 is 0.440 bits per heavy atom. The Labute approximate surface area is 173 Å². The van der Waals surface area contributed by atoms with Crippen molar-refractivity contribution in [1.29, 1.82) is 0 Å². The summed E-state index contributed by atoms with van der Waals surface area (Å²) in [7, 11) is 0. The summed E-state index contributed by atoms with van der Waals surface area (Å²) < 4.78 is 0. The van der Waals surface area contributed by atoms with E-state index in [0.717, 1.165) is 0 Å². The number of carbonyl (C=O) groups is 4. The van der Waals surface area contributed by atoms with E-state index < -0.39 is 23.9 Å². The molecule has 0 aromatic carbocycles. The molecule has 0 radical (unpaired) electrons. The van der Waals surface area contributed by atoms with E-state index in [-0.39, 0.29) is 54.8 Å². The van der Waals surface area contributed by atoms with E-state index in [1.54, 1.807) is 55.4 Å². The number of hydrogen-bond acceptors (Lipinski definition) is 8. The quantitative estimate of drug-likeness (QED) is 0.352. The third kappa shape index (κ3) is 45.1. The zero-order valence-electron chi connectivity index (χ0n) is 16.1. The van der Waals surface area contributed by atoms with Crippen LogP contribution in [0.2, 0.25) is 0 Å². The minimum absolute atomic E-state index is 0. The van der Waals surface area contributed by atoms with Crippen molar-refractivity contribution in [2.45, 2.75) is 55.4 Å². The van der Waals surface area contributed by atoms with Gasteiger partial charge >= 0.3 is 31.1 Å². The maximum absolute atomic E-state index is 9.59. The first-order valence-electron chi connectivity index (χ1n) is 7.41. The molecule has 0 unspecified atom stereocenters. The van der Waals surface area contributed by atoms with Crippen molar-refractivity contribution in [2.75, 3.05) is 0 Å². The minimum atomic E-state index is -0.991. The zero-order valence-corrected chi connectivity index (χ0v) is 20.2. The van der Waals surface area contributed by atoms with Gasteiger partial charge in [0.1, 0.15) is 0 Å². The number of aliphatic carboxylic acids is 4. The molecular weight excluding hydrogens is 558 g/mol. The van der Waals surface area contributed by atoms with E-state index >= 15 is 0 Å². The Kier molecular flexibility index (Phi) is 29.5. The van der Waals surface area contributed by atoms with E-state index in [1.165, 1.54) is 0 Å². The van der Waals surface area contributed by atoms with Crippen LogP contribution in [0.15, 0.2) is 0 Å². The van der Waals surface area contributed by atoms with Gasteiger partial charge in [0.15, 0.2) is 0 Å². The molecule has 0 spiro atoms. The summed E-state index contributed by atoms with van der Waals surface area (Å²) in [4.78, 5) is 38.4. The predicted octanol–water partition coefficient (Wildman–Crippen LogP) is -2.43. The van der Waals surface area contributed by atoms with Gasteiger partial charge in [-0.15, -0.1) is 0 Å². The number of carboxylic acids is 4. The van der Waals surface area contributed by atoms with Crippen LogP contribution in [0.4, 0.5) is 0 Å². The van der Waals surface area contributed by atoms with Crippen molar-refractivity contribution in [2.24, 2.45) is 23.7 Å². The number of carbonyl (C=O) groups excluding carboxylic acids is 4. The number of rotatable bonds is 4. The Balaban J connectivity index is -0.0000000702. The molecule has 0 bridgehead atoms. The molecule has 0 heterocycles. The molecule has 0 aliphatic heterocycles.